The van der Waals surface area contributed by atoms with Gasteiger partial charge in [-0.3, -0.25) is 9.89 Å². The third-order valence-corrected chi connectivity index (χ3v) is 3.67. The topological polar surface area (TPSA) is 37.8 Å². The Morgan fingerprint density at radius 3 is 2.61 bits per heavy atom. The van der Waals surface area contributed by atoms with Gasteiger partial charge in [0.15, 0.2) is 0 Å². The standard InChI is InChI=1S/C12H11BrClFN2O/c1-6(2)11-10(13)12(18)17(16-11)7-3-4-8(14)9(15)5-7/h3-6,16H,1-2H3. The Hall–Kier alpha value is -1.07. The van der Waals surface area contributed by atoms with E-state index in [-0.39, 0.29) is 16.5 Å². The molecule has 18 heavy (non-hydrogen) atoms. The van der Waals surface area contributed by atoms with Gasteiger partial charge in [0.25, 0.3) is 5.56 Å². The second-order valence-electron chi connectivity index (χ2n) is 4.23. The smallest absolute Gasteiger partial charge is 0.285 e. The lowest BCUT2D eigenvalue weighted by Gasteiger charge is -2.04. The van der Waals surface area contributed by atoms with E-state index in [4.69, 9.17) is 11.6 Å². The lowest BCUT2D eigenvalue weighted by atomic mass is 10.1. The van der Waals surface area contributed by atoms with Crippen LogP contribution >= 0.6 is 27.5 Å². The van der Waals surface area contributed by atoms with Crippen molar-refractivity contribution < 1.29 is 4.39 Å². The molecule has 0 spiro atoms. The molecule has 0 atom stereocenters. The average Bonchev–Trinajstić information content (AvgIpc) is 2.60. The van der Waals surface area contributed by atoms with Gasteiger partial charge in [-0.1, -0.05) is 25.4 Å². The van der Waals surface area contributed by atoms with E-state index < -0.39 is 5.82 Å². The minimum absolute atomic E-state index is 0.0292. The van der Waals surface area contributed by atoms with Gasteiger partial charge in [-0.15, -0.1) is 0 Å². The summed E-state index contributed by atoms with van der Waals surface area (Å²) in [6.45, 7) is 3.92. The van der Waals surface area contributed by atoms with Crippen LogP contribution in [0, 0.1) is 5.82 Å². The molecule has 0 radical (unpaired) electrons. The van der Waals surface area contributed by atoms with Crippen molar-refractivity contribution in [2.75, 3.05) is 0 Å². The molecule has 2 aromatic rings. The van der Waals surface area contributed by atoms with Crippen molar-refractivity contribution in [1.29, 1.82) is 0 Å². The number of nitrogens with zero attached hydrogens (tertiary/aromatic N) is 1. The first-order valence-corrected chi connectivity index (χ1v) is 6.54. The third-order valence-electron chi connectivity index (χ3n) is 2.60. The third kappa shape index (κ3) is 2.24. The van der Waals surface area contributed by atoms with Gasteiger partial charge in [-0.05, 0) is 34.0 Å². The number of nitrogens with one attached hydrogen (secondary N) is 1. The van der Waals surface area contributed by atoms with E-state index >= 15 is 0 Å². The van der Waals surface area contributed by atoms with Crippen LogP contribution in [0.15, 0.2) is 27.5 Å². The van der Waals surface area contributed by atoms with E-state index in [9.17, 15) is 9.18 Å². The minimum Gasteiger partial charge on any atom is -0.294 e. The van der Waals surface area contributed by atoms with E-state index in [1.165, 1.54) is 16.8 Å². The largest absolute Gasteiger partial charge is 0.294 e. The summed E-state index contributed by atoms with van der Waals surface area (Å²) in [6, 6.07) is 4.22. The summed E-state index contributed by atoms with van der Waals surface area (Å²) in [6.07, 6.45) is 0. The SMILES string of the molecule is CC(C)c1[nH]n(-c2ccc(Cl)c(F)c2)c(=O)c1Br. The molecule has 0 aliphatic rings. The highest BCUT2D eigenvalue weighted by atomic mass is 79.9. The fourth-order valence-corrected chi connectivity index (χ4v) is 2.46. The Balaban J connectivity index is 2.61. The van der Waals surface area contributed by atoms with Crippen molar-refractivity contribution in [1.82, 2.24) is 9.78 Å². The molecule has 1 aromatic heterocycles. The van der Waals surface area contributed by atoms with Crippen LogP contribution in [0.1, 0.15) is 25.5 Å². The maximum atomic E-state index is 13.4. The number of aromatic amines is 1. The molecule has 0 saturated carbocycles. The van der Waals surface area contributed by atoms with Crippen LogP contribution in [0.5, 0.6) is 0 Å². The first kappa shape index (κ1) is 13.4. The molecule has 0 unspecified atom stereocenters. The number of aromatic nitrogens is 2. The molecule has 0 fully saturated rings. The normalized spacial score (nSPS) is 11.2. The zero-order valence-electron chi connectivity index (χ0n) is 9.80. The second kappa shape index (κ2) is 4.90. The van der Waals surface area contributed by atoms with E-state index in [0.29, 0.717) is 10.2 Å². The van der Waals surface area contributed by atoms with Crippen LogP contribution in [-0.2, 0) is 0 Å². The number of hydrogen-bond donors (Lipinski definition) is 1. The summed E-state index contributed by atoms with van der Waals surface area (Å²) in [5, 5.41) is 2.99. The molecule has 6 heteroatoms. The first-order valence-electron chi connectivity index (χ1n) is 5.37. The van der Waals surface area contributed by atoms with Gasteiger partial charge in [-0.25, -0.2) is 9.07 Å². The molecular weight excluding hydrogens is 322 g/mol. The Morgan fingerprint density at radius 1 is 1.44 bits per heavy atom. The van der Waals surface area contributed by atoms with Gasteiger partial charge in [-0.2, -0.15) is 0 Å². The molecule has 0 saturated heterocycles. The van der Waals surface area contributed by atoms with Crippen molar-refractivity contribution in [2.24, 2.45) is 0 Å². The van der Waals surface area contributed by atoms with Crippen LogP contribution in [0.2, 0.25) is 5.02 Å². The number of hydrogen-bond acceptors (Lipinski definition) is 1. The lowest BCUT2D eigenvalue weighted by Crippen LogP contribution is -2.14. The number of benzene rings is 1. The maximum Gasteiger partial charge on any atom is 0.285 e. The van der Waals surface area contributed by atoms with E-state index in [0.717, 1.165) is 5.69 Å². The molecular formula is C12H11BrClFN2O. The predicted molar refractivity (Wildman–Crippen MR) is 73.1 cm³/mol. The van der Waals surface area contributed by atoms with Crippen LogP contribution < -0.4 is 5.56 Å². The van der Waals surface area contributed by atoms with Gasteiger partial charge in [0.05, 0.1) is 16.4 Å². The van der Waals surface area contributed by atoms with Gasteiger partial charge in [0.2, 0.25) is 0 Å². The Labute approximate surface area is 117 Å². The first-order chi connectivity index (χ1) is 8.41. The van der Waals surface area contributed by atoms with E-state index in [1.807, 2.05) is 13.8 Å². The van der Waals surface area contributed by atoms with Crippen LogP contribution in [-0.4, -0.2) is 9.78 Å². The molecule has 0 bridgehead atoms. The molecule has 1 N–H and O–H groups in total. The number of H-pyrrole nitrogens is 1. The number of rotatable bonds is 2. The monoisotopic (exact) mass is 332 g/mol. The molecule has 0 aliphatic carbocycles. The lowest BCUT2D eigenvalue weighted by molar-refractivity contribution is 0.625. The quantitative estimate of drug-likeness (QED) is 0.891. The van der Waals surface area contributed by atoms with E-state index in [2.05, 4.69) is 21.0 Å². The summed E-state index contributed by atoms with van der Waals surface area (Å²) < 4.78 is 15.1. The molecule has 3 nitrogen and oxygen atoms in total. The van der Waals surface area contributed by atoms with Gasteiger partial charge < -0.3 is 0 Å². The molecule has 96 valence electrons. The van der Waals surface area contributed by atoms with Crippen molar-refractivity contribution in [3.05, 3.63) is 49.6 Å². The Bertz CT molecular complexity index is 648. The fourth-order valence-electron chi connectivity index (χ4n) is 1.62. The van der Waals surface area contributed by atoms with Crippen molar-refractivity contribution in [3.63, 3.8) is 0 Å². The summed E-state index contributed by atoms with van der Waals surface area (Å²) in [7, 11) is 0. The van der Waals surface area contributed by atoms with Crippen LogP contribution in [0.25, 0.3) is 5.69 Å². The zero-order valence-corrected chi connectivity index (χ0v) is 12.1. The fraction of sp³-hybridized carbons (Fsp3) is 0.250. The Morgan fingerprint density at radius 2 is 2.11 bits per heavy atom. The highest BCUT2D eigenvalue weighted by Gasteiger charge is 2.15. The highest BCUT2D eigenvalue weighted by Crippen LogP contribution is 2.22. The molecule has 0 aliphatic heterocycles. The molecule has 1 heterocycles. The minimum atomic E-state index is -0.558. The van der Waals surface area contributed by atoms with Crippen molar-refractivity contribution >= 4 is 27.5 Å². The average molecular weight is 334 g/mol. The predicted octanol–water partition coefficient (Wildman–Crippen LogP) is 3.84. The summed E-state index contributed by atoms with van der Waals surface area (Å²) in [4.78, 5) is 12.0. The Kier molecular flexibility index (Phi) is 3.64. The number of halogens is 3. The maximum absolute atomic E-state index is 13.4. The zero-order chi connectivity index (χ0) is 13.4. The molecule has 0 amide bonds. The summed E-state index contributed by atoms with van der Waals surface area (Å²) in [5.41, 5.74) is 0.935. The highest BCUT2D eigenvalue weighted by molar-refractivity contribution is 9.10. The summed E-state index contributed by atoms with van der Waals surface area (Å²) in [5.74, 6) is -0.400. The van der Waals surface area contributed by atoms with Crippen LogP contribution in [0.4, 0.5) is 4.39 Å². The van der Waals surface area contributed by atoms with Crippen LogP contribution in [0.3, 0.4) is 0 Å². The molecule has 2 rings (SSSR count). The van der Waals surface area contributed by atoms with Crippen molar-refractivity contribution in [2.45, 2.75) is 19.8 Å². The van der Waals surface area contributed by atoms with E-state index in [1.54, 1.807) is 6.07 Å². The van der Waals surface area contributed by atoms with Gasteiger partial charge in [0, 0.05) is 6.07 Å². The van der Waals surface area contributed by atoms with Crippen molar-refractivity contribution in [3.8, 4) is 5.69 Å². The second-order valence-corrected chi connectivity index (χ2v) is 5.43. The van der Waals surface area contributed by atoms with Gasteiger partial charge >= 0.3 is 0 Å². The summed E-state index contributed by atoms with van der Waals surface area (Å²) >= 11 is 8.86. The van der Waals surface area contributed by atoms with Gasteiger partial charge in [0.1, 0.15) is 10.3 Å². The molecule has 1 aromatic carbocycles.